The predicted molar refractivity (Wildman–Crippen MR) is 123 cm³/mol. The van der Waals surface area contributed by atoms with Gasteiger partial charge in [0, 0.05) is 26.2 Å². The number of hydrogen-bond donors (Lipinski definition) is 0. The zero-order chi connectivity index (χ0) is 23.2. The van der Waals surface area contributed by atoms with Crippen LogP contribution in [0.5, 0.6) is 0 Å². The van der Waals surface area contributed by atoms with Gasteiger partial charge in [0.05, 0.1) is 5.56 Å². The molecule has 170 valence electrons. The third-order valence-electron chi connectivity index (χ3n) is 4.39. The highest BCUT2D eigenvalue weighted by atomic mass is 19.4. The van der Waals surface area contributed by atoms with Gasteiger partial charge in [-0.15, -0.1) is 0 Å². The molecule has 0 aliphatic heterocycles. The Morgan fingerprint density at radius 1 is 0.767 bits per heavy atom. The first-order chi connectivity index (χ1) is 14.3. The first kappa shape index (κ1) is 28.1. The molecule has 0 aliphatic carbocycles. The SMILES string of the molecule is CC.CC.CCc1cccc(CN(CCN(C)C)Cc2ccccc2C(F)(F)F)c1. The second-order valence-corrected chi connectivity index (χ2v) is 6.84. The first-order valence-corrected chi connectivity index (χ1v) is 10.9. The summed E-state index contributed by atoms with van der Waals surface area (Å²) in [7, 11) is 3.94. The zero-order valence-corrected chi connectivity index (χ0v) is 19.7. The summed E-state index contributed by atoms with van der Waals surface area (Å²) in [4.78, 5) is 4.13. The number of rotatable bonds is 8. The number of likely N-dealkylation sites (N-methyl/N-ethyl adjacent to an activating group) is 1. The van der Waals surface area contributed by atoms with Gasteiger partial charge < -0.3 is 4.90 Å². The van der Waals surface area contributed by atoms with Crippen molar-refractivity contribution >= 4 is 0 Å². The van der Waals surface area contributed by atoms with Gasteiger partial charge in [-0.2, -0.15) is 13.2 Å². The summed E-state index contributed by atoms with van der Waals surface area (Å²) in [5.74, 6) is 0. The van der Waals surface area contributed by atoms with E-state index in [9.17, 15) is 13.2 Å². The van der Waals surface area contributed by atoms with Crippen molar-refractivity contribution in [1.29, 1.82) is 0 Å². The van der Waals surface area contributed by atoms with Gasteiger partial charge in [-0.3, -0.25) is 4.90 Å². The molecule has 0 aromatic heterocycles. The Labute approximate surface area is 181 Å². The monoisotopic (exact) mass is 424 g/mol. The van der Waals surface area contributed by atoms with E-state index in [0.29, 0.717) is 18.7 Å². The smallest absolute Gasteiger partial charge is 0.308 e. The van der Waals surface area contributed by atoms with Crippen LogP contribution in [-0.2, 0) is 25.7 Å². The lowest BCUT2D eigenvalue weighted by atomic mass is 10.1. The summed E-state index contributed by atoms with van der Waals surface area (Å²) in [6.45, 7) is 12.5. The predicted octanol–water partition coefficient (Wildman–Crippen LogP) is 6.88. The molecule has 0 fully saturated rings. The van der Waals surface area contributed by atoms with E-state index in [-0.39, 0.29) is 6.54 Å². The van der Waals surface area contributed by atoms with Crippen LogP contribution in [0.1, 0.15) is 56.9 Å². The fraction of sp³-hybridized carbons (Fsp3) is 0.520. The molecular weight excluding hydrogens is 385 g/mol. The minimum absolute atomic E-state index is 0.278. The molecule has 0 N–H and O–H groups in total. The molecule has 0 aliphatic rings. The fourth-order valence-electron chi connectivity index (χ4n) is 2.94. The van der Waals surface area contributed by atoms with Crippen LogP contribution in [0.2, 0.25) is 0 Å². The molecule has 0 heterocycles. The fourth-order valence-corrected chi connectivity index (χ4v) is 2.94. The second kappa shape index (κ2) is 15.0. The lowest BCUT2D eigenvalue weighted by Gasteiger charge is -2.26. The normalized spacial score (nSPS) is 10.9. The van der Waals surface area contributed by atoms with Gasteiger partial charge in [0.25, 0.3) is 0 Å². The topological polar surface area (TPSA) is 6.48 Å². The molecule has 30 heavy (non-hydrogen) atoms. The number of halogens is 3. The maximum Gasteiger partial charge on any atom is 0.416 e. The van der Waals surface area contributed by atoms with Crippen molar-refractivity contribution in [3.05, 3.63) is 70.8 Å². The van der Waals surface area contributed by atoms with Crippen LogP contribution in [0.3, 0.4) is 0 Å². The van der Waals surface area contributed by atoms with Crippen LogP contribution in [0.15, 0.2) is 48.5 Å². The van der Waals surface area contributed by atoms with Gasteiger partial charge in [-0.25, -0.2) is 0 Å². The average molecular weight is 425 g/mol. The van der Waals surface area contributed by atoms with Crippen molar-refractivity contribution in [1.82, 2.24) is 9.80 Å². The van der Waals surface area contributed by atoms with E-state index in [1.165, 1.54) is 11.6 Å². The largest absolute Gasteiger partial charge is 0.416 e. The number of aryl methyl sites for hydroxylation is 1. The summed E-state index contributed by atoms with van der Waals surface area (Å²) in [5, 5.41) is 0. The molecule has 5 heteroatoms. The van der Waals surface area contributed by atoms with E-state index >= 15 is 0 Å². The van der Waals surface area contributed by atoms with Crippen LogP contribution < -0.4 is 0 Å². The van der Waals surface area contributed by atoms with Crippen molar-refractivity contribution in [2.45, 2.75) is 60.3 Å². The summed E-state index contributed by atoms with van der Waals surface area (Å²) in [6, 6.07) is 14.1. The molecule has 0 amide bonds. The highest BCUT2D eigenvalue weighted by molar-refractivity contribution is 5.30. The molecule has 0 saturated heterocycles. The van der Waals surface area contributed by atoms with Gasteiger partial charge in [-0.05, 0) is 43.3 Å². The molecular formula is C25H39F3N2. The van der Waals surface area contributed by atoms with Crippen LogP contribution >= 0.6 is 0 Å². The Morgan fingerprint density at radius 3 is 1.93 bits per heavy atom. The van der Waals surface area contributed by atoms with E-state index < -0.39 is 11.7 Å². The summed E-state index contributed by atoms with van der Waals surface area (Å²) < 4.78 is 39.9. The number of alkyl halides is 3. The first-order valence-electron chi connectivity index (χ1n) is 10.9. The Balaban J connectivity index is 0.00000198. The van der Waals surface area contributed by atoms with E-state index in [1.807, 2.05) is 58.8 Å². The Morgan fingerprint density at radius 2 is 1.37 bits per heavy atom. The highest BCUT2D eigenvalue weighted by Crippen LogP contribution is 2.32. The number of nitrogens with zero attached hydrogens (tertiary/aromatic N) is 2. The molecule has 0 spiro atoms. The lowest BCUT2D eigenvalue weighted by Crippen LogP contribution is -2.31. The standard InChI is InChI=1S/C21H27F3N2.2C2H6/c1-4-17-8-7-9-18(14-17)15-26(13-12-25(2)3)16-19-10-5-6-11-20(19)21(22,23)24;2*1-2/h5-11,14H,4,12-13,15-16H2,1-3H3;2*1-2H3. The summed E-state index contributed by atoms with van der Waals surface area (Å²) in [6.07, 6.45) is -3.38. The Kier molecular flexibility index (Phi) is 14.1. The molecule has 0 saturated carbocycles. The van der Waals surface area contributed by atoms with Crippen LogP contribution in [0.4, 0.5) is 13.2 Å². The average Bonchev–Trinajstić information content (AvgIpc) is 2.74. The molecule has 2 rings (SSSR count). The van der Waals surface area contributed by atoms with E-state index in [2.05, 4.69) is 24.0 Å². The molecule has 0 unspecified atom stereocenters. The maximum atomic E-state index is 13.3. The Bertz CT molecular complexity index is 697. The third-order valence-corrected chi connectivity index (χ3v) is 4.39. The van der Waals surface area contributed by atoms with E-state index in [0.717, 1.165) is 24.6 Å². The minimum atomic E-state index is -4.33. The van der Waals surface area contributed by atoms with Gasteiger partial charge in [0.15, 0.2) is 0 Å². The molecule has 2 aromatic rings. The number of benzene rings is 2. The highest BCUT2D eigenvalue weighted by Gasteiger charge is 2.33. The Hall–Kier alpha value is -1.85. The zero-order valence-electron chi connectivity index (χ0n) is 19.7. The van der Waals surface area contributed by atoms with Gasteiger partial charge in [0.2, 0.25) is 0 Å². The third kappa shape index (κ3) is 10.3. The maximum absolute atomic E-state index is 13.3. The van der Waals surface area contributed by atoms with Gasteiger partial charge >= 0.3 is 6.18 Å². The van der Waals surface area contributed by atoms with Gasteiger partial charge in [-0.1, -0.05) is 77.1 Å². The molecule has 2 nitrogen and oxygen atoms in total. The molecule has 2 aromatic carbocycles. The lowest BCUT2D eigenvalue weighted by molar-refractivity contribution is -0.138. The van der Waals surface area contributed by atoms with Crippen LogP contribution in [-0.4, -0.2) is 37.0 Å². The van der Waals surface area contributed by atoms with Crippen LogP contribution in [0, 0.1) is 0 Å². The van der Waals surface area contributed by atoms with Crippen molar-refractivity contribution in [3.63, 3.8) is 0 Å². The number of hydrogen-bond acceptors (Lipinski definition) is 2. The van der Waals surface area contributed by atoms with Crippen molar-refractivity contribution in [2.24, 2.45) is 0 Å². The quantitative estimate of drug-likeness (QED) is 0.455. The molecule has 0 radical (unpaired) electrons. The van der Waals surface area contributed by atoms with Crippen molar-refractivity contribution in [2.75, 3.05) is 27.2 Å². The summed E-state index contributed by atoms with van der Waals surface area (Å²) in [5.41, 5.74) is 2.15. The van der Waals surface area contributed by atoms with Gasteiger partial charge in [0.1, 0.15) is 0 Å². The second-order valence-electron chi connectivity index (χ2n) is 6.84. The van der Waals surface area contributed by atoms with Crippen LogP contribution in [0.25, 0.3) is 0 Å². The summed E-state index contributed by atoms with van der Waals surface area (Å²) >= 11 is 0. The minimum Gasteiger partial charge on any atom is -0.308 e. The molecule has 0 atom stereocenters. The van der Waals surface area contributed by atoms with E-state index in [1.54, 1.807) is 12.1 Å². The van der Waals surface area contributed by atoms with Crippen molar-refractivity contribution in [3.8, 4) is 0 Å². The molecule has 0 bridgehead atoms. The van der Waals surface area contributed by atoms with E-state index in [4.69, 9.17) is 0 Å². The van der Waals surface area contributed by atoms with Crippen molar-refractivity contribution < 1.29 is 13.2 Å².